The van der Waals surface area contributed by atoms with Crippen molar-refractivity contribution in [3.05, 3.63) is 168 Å². The minimum Gasteiger partial charge on any atom is -0.309 e. The first kappa shape index (κ1) is 29.5. The summed E-state index contributed by atoms with van der Waals surface area (Å²) in [5, 5.41) is 5.36. The van der Waals surface area contributed by atoms with Crippen LogP contribution in [0.15, 0.2) is 146 Å². The molecule has 8 rings (SSSR count). The lowest BCUT2D eigenvalue weighted by Gasteiger charge is -2.14. The number of fused-ring (bicyclic) bond motifs is 7. The molecule has 0 bridgehead atoms. The highest BCUT2D eigenvalue weighted by molar-refractivity contribution is 7.26. The van der Waals surface area contributed by atoms with Crippen LogP contribution in [0.5, 0.6) is 0 Å². The molecule has 2 heteroatoms. The molecule has 1 nitrogen and oxygen atoms in total. The van der Waals surface area contributed by atoms with E-state index in [1.54, 1.807) is 0 Å². The summed E-state index contributed by atoms with van der Waals surface area (Å²) in [6.45, 7) is 8.62. The second kappa shape index (κ2) is 12.7. The molecule has 2 heterocycles. The molecule has 46 heavy (non-hydrogen) atoms. The highest BCUT2D eigenvalue weighted by Crippen LogP contribution is 2.47. The number of hydrogen-bond donors (Lipinski definition) is 0. The number of rotatable bonds is 4. The molecule has 8 aromatic rings. The molecule has 0 aliphatic carbocycles. The largest absolute Gasteiger partial charge is 0.309 e. The van der Waals surface area contributed by atoms with Gasteiger partial charge in [-0.05, 0) is 85.8 Å². The molecule has 0 aliphatic rings. The molecular weight excluding hydrogens is 575 g/mol. The van der Waals surface area contributed by atoms with Crippen LogP contribution < -0.4 is 0 Å². The summed E-state index contributed by atoms with van der Waals surface area (Å²) in [5.74, 6) is 0. The second-order valence-electron chi connectivity index (χ2n) is 11.9. The first-order valence-corrected chi connectivity index (χ1v) is 16.7. The van der Waals surface area contributed by atoms with E-state index in [2.05, 4.69) is 159 Å². The minimum atomic E-state index is 1.19. The Morgan fingerprint density at radius 3 is 2.00 bits per heavy atom. The van der Waals surface area contributed by atoms with Gasteiger partial charge in [-0.1, -0.05) is 127 Å². The quantitative estimate of drug-likeness (QED) is 0.175. The summed E-state index contributed by atoms with van der Waals surface area (Å²) in [6.07, 6.45) is 8.40. The van der Waals surface area contributed by atoms with Crippen molar-refractivity contribution < 1.29 is 0 Å². The number of allylic oxidation sites excluding steroid dienone is 3. The average Bonchev–Trinajstić information content (AvgIpc) is 3.62. The van der Waals surface area contributed by atoms with Gasteiger partial charge in [0.25, 0.3) is 0 Å². The average molecular weight is 612 g/mol. The third-order valence-corrected chi connectivity index (χ3v) is 9.92. The lowest BCUT2D eigenvalue weighted by molar-refractivity contribution is 1.18. The van der Waals surface area contributed by atoms with Gasteiger partial charge in [-0.2, -0.15) is 0 Å². The van der Waals surface area contributed by atoms with E-state index in [-0.39, 0.29) is 0 Å². The SMILES string of the molecule is C/C=C\C=C/c1ccc(-c2c(C)ccc3c2c2c4sc5ccccc5c4ccc2n3-c2ccccc2)c(C)c1.Cc1ccccc1. The van der Waals surface area contributed by atoms with Crippen LogP contribution in [0.2, 0.25) is 0 Å². The minimum absolute atomic E-state index is 1.19. The van der Waals surface area contributed by atoms with Gasteiger partial charge in [0.05, 0.1) is 11.0 Å². The molecule has 0 N–H and O–H groups in total. The molecule has 224 valence electrons. The first-order valence-electron chi connectivity index (χ1n) is 15.9. The van der Waals surface area contributed by atoms with Crippen molar-refractivity contribution in [1.82, 2.24) is 4.57 Å². The van der Waals surface area contributed by atoms with Crippen LogP contribution in [0.4, 0.5) is 0 Å². The number of para-hydroxylation sites is 1. The third kappa shape index (κ3) is 5.36. The fourth-order valence-electron chi connectivity index (χ4n) is 6.56. The van der Waals surface area contributed by atoms with E-state index in [9.17, 15) is 0 Å². The van der Waals surface area contributed by atoms with E-state index >= 15 is 0 Å². The Bertz CT molecular complexity index is 2380. The summed E-state index contributed by atoms with van der Waals surface area (Å²) in [7, 11) is 0. The Morgan fingerprint density at radius 2 is 1.28 bits per heavy atom. The van der Waals surface area contributed by atoms with Crippen LogP contribution in [0.1, 0.15) is 29.2 Å². The molecule has 6 aromatic carbocycles. The lowest BCUT2D eigenvalue weighted by Crippen LogP contribution is -1.94. The van der Waals surface area contributed by atoms with Crippen molar-refractivity contribution in [3.63, 3.8) is 0 Å². The van der Waals surface area contributed by atoms with Crippen LogP contribution in [-0.4, -0.2) is 4.57 Å². The van der Waals surface area contributed by atoms with Gasteiger partial charge in [-0.15, -0.1) is 11.3 Å². The van der Waals surface area contributed by atoms with Gasteiger partial charge in [0.2, 0.25) is 0 Å². The Morgan fingerprint density at radius 1 is 0.587 bits per heavy atom. The fraction of sp³-hybridized carbons (Fsp3) is 0.0909. The highest BCUT2D eigenvalue weighted by Gasteiger charge is 2.22. The molecule has 0 unspecified atom stereocenters. The Balaban J connectivity index is 0.000000430. The van der Waals surface area contributed by atoms with Crippen LogP contribution in [-0.2, 0) is 0 Å². The predicted molar refractivity (Wildman–Crippen MR) is 204 cm³/mol. The molecule has 0 atom stereocenters. The van der Waals surface area contributed by atoms with E-state index < -0.39 is 0 Å². The molecular formula is C44H37NS. The summed E-state index contributed by atoms with van der Waals surface area (Å²) in [6, 6.07) is 45.9. The first-order chi connectivity index (χ1) is 22.5. The maximum absolute atomic E-state index is 2.45. The maximum Gasteiger partial charge on any atom is 0.0555 e. The van der Waals surface area contributed by atoms with Crippen molar-refractivity contribution in [2.24, 2.45) is 0 Å². The summed E-state index contributed by atoms with van der Waals surface area (Å²) < 4.78 is 5.15. The molecule has 0 spiro atoms. The Hall–Kier alpha value is -5.18. The molecule has 2 aromatic heterocycles. The summed E-state index contributed by atoms with van der Waals surface area (Å²) in [4.78, 5) is 0. The van der Waals surface area contributed by atoms with Gasteiger partial charge in [0, 0.05) is 36.6 Å². The van der Waals surface area contributed by atoms with Gasteiger partial charge < -0.3 is 4.57 Å². The van der Waals surface area contributed by atoms with Crippen LogP contribution in [0, 0.1) is 20.8 Å². The summed E-state index contributed by atoms with van der Waals surface area (Å²) in [5.41, 5.74) is 11.5. The van der Waals surface area contributed by atoms with Gasteiger partial charge in [0.15, 0.2) is 0 Å². The normalized spacial score (nSPS) is 11.7. The third-order valence-electron chi connectivity index (χ3n) is 8.72. The molecule has 0 saturated heterocycles. The van der Waals surface area contributed by atoms with Gasteiger partial charge in [-0.25, -0.2) is 0 Å². The summed E-state index contributed by atoms with van der Waals surface area (Å²) >= 11 is 1.91. The zero-order chi connectivity index (χ0) is 31.6. The number of thiophene rings is 1. The highest BCUT2D eigenvalue weighted by atomic mass is 32.1. The predicted octanol–water partition coefficient (Wildman–Crippen LogP) is 13.0. The van der Waals surface area contributed by atoms with Crippen molar-refractivity contribution in [2.45, 2.75) is 27.7 Å². The smallest absolute Gasteiger partial charge is 0.0555 e. The molecule has 0 radical (unpaired) electrons. The van der Waals surface area contributed by atoms with E-state index in [4.69, 9.17) is 0 Å². The van der Waals surface area contributed by atoms with Crippen LogP contribution in [0.3, 0.4) is 0 Å². The number of nitrogens with zero attached hydrogens (tertiary/aromatic N) is 1. The maximum atomic E-state index is 2.45. The number of aryl methyl sites for hydroxylation is 3. The van der Waals surface area contributed by atoms with Gasteiger partial charge in [-0.3, -0.25) is 0 Å². The Kier molecular flexibility index (Phi) is 8.13. The molecule has 0 aliphatic heterocycles. The number of hydrogen-bond acceptors (Lipinski definition) is 1. The Labute approximate surface area is 275 Å². The second-order valence-corrected chi connectivity index (χ2v) is 12.9. The van der Waals surface area contributed by atoms with Gasteiger partial charge >= 0.3 is 0 Å². The standard InChI is InChI=1S/C37H29NS.C7H8/c1-4-5-7-12-26-18-19-28(25(3)23-26)34-24(2)17-21-31-35(34)36-32(38(31)27-13-8-6-9-14-27)22-20-30-29-15-10-11-16-33(29)39-37(30)36;1-7-5-3-2-4-6-7/h4-23H,1-3H3;2-6H,1H3/b5-4-,12-7-;. The number of benzene rings is 6. The topological polar surface area (TPSA) is 4.93 Å². The zero-order valence-electron chi connectivity index (χ0n) is 26.8. The van der Waals surface area contributed by atoms with Crippen molar-refractivity contribution in [2.75, 3.05) is 0 Å². The van der Waals surface area contributed by atoms with Crippen molar-refractivity contribution in [3.8, 4) is 16.8 Å². The van der Waals surface area contributed by atoms with E-state index in [0.717, 1.165) is 0 Å². The van der Waals surface area contributed by atoms with E-state index in [1.165, 1.54) is 81.0 Å². The monoisotopic (exact) mass is 611 g/mol. The molecule has 0 fully saturated rings. The van der Waals surface area contributed by atoms with Crippen LogP contribution >= 0.6 is 11.3 Å². The lowest BCUT2D eigenvalue weighted by atomic mass is 9.91. The van der Waals surface area contributed by atoms with Crippen LogP contribution in [0.25, 0.3) is 64.9 Å². The molecule has 0 amide bonds. The fourth-order valence-corrected chi connectivity index (χ4v) is 7.81. The van der Waals surface area contributed by atoms with Crippen molar-refractivity contribution in [1.29, 1.82) is 0 Å². The number of aromatic nitrogens is 1. The van der Waals surface area contributed by atoms with E-state index in [1.807, 2.05) is 36.5 Å². The molecule has 0 saturated carbocycles. The van der Waals surface area contributed by atoms with E-state index in [0.29, 0.717) is 0 Å². The van der Waals surface area contributed by atoms with Gasteiger partial charge in [0.1, 0.15) is 0 Å². The van der Waals surface area contributed by atoms with Crippen molar-refractivity contribution >= 4 is 59.4 Å². The zero-order valence-corrected chi connectivity index (χ0v) is 27.6.